The van der Waals surface area contributed by atoms with Crippen LogP contribution < -0.4 is 0 Å². The van der Waals surface area contributed by atoms with Gasteiger partial charge in [-0.3, -0.25) is 0 Å². The summed E-state index contributed by atoms with van der Waals surface area (Å²) in [6.07, 6.45) is 8.63. The van der Waals surface area contributed by atoms with Crippen LogP contribution in [0.2, 0.25) is 0 Å². The Kier molecular flexibility index (Phi) is 2.55. The van der Waals surface area contributed by atoms with Crippen LogP contribution in [0.25, 0.3) is 0 Å². The average molecular weight is 190 g/mol. The van der Waals surface area contributed by atoms with Crippen molar-refractivity contribution < 1.29 is 0 Å². The summed E-state index contributed by atoms with van der Waals surface area (Å²) >= 11 is 0. The number of hydrogen-bond acceptors (Lipinski definition) is 0. The lowest BCUT2D eigenvalue weighted by Crippen LogP contribution is -2.31. The lowest BCUT2D eigenvalue weighted by molar-refractivity contribution is 0.215. The van der Waals surface area contributed by atoms with Crippen LogP contribution in [0, 0.1) is 29.6 Å². The van der Waals surface area contributed by atoms with Crippen LogP contribution in [0.4, 0.5) is 0 Å². The van der Waals surface area contributed by atoms with Gasteiger partial charge in [-0.05, 0) is 41.6 Å². The maximum atomic E-state index is 2.49. The van der Waals surface area contributed by atoms with Crippen molar-refractivity contribution in [2.24, 2.45) is 29.6 Å². The Morgan fingerprint density at radius 1 is 1.14 bits per heavy atom. The molecule has 5 atom stereocenters. The van der Waals surface area contributed by atoms with Crippen LogP contribution >= 0.6 is 0 Å². The van der Waals surface area contributed by atoms with E-state index in [0.29, 0.717) is 0 Å². The Balaban J connectivity index is 2.33. The van der Waals surface area contributed by atoms with E-state index in [1.54, 1.807) is 5.57 Å². The van der Waals surface area contributed by atoms with Crippen molar-refractivity contribution >= 4 is 0 Å². The fourth-order valence-electron chi connectivity index (χ4n) is 3.32. The minimum absolute atomic E-state index is 0.757. The first-order chi connectivity index (χ1) is 6.59. The van der Waals surface area contributed by atoms with E-state index >= 15 is 0 Å². The molecular formula is C14H22. The number of rotatable bonds is 0. The van der Waals surface area contributed by atoms with Crippen molar-refractivity contribution in [2.45, 2.75) is 34.1 Å². The number of hydrogen-bond donors (Lipinski definition) is 0. The fourth-order valence-corrected chi connectivity index (χ4v) is 3.32. The second kappa shape index (κ2) is 3.56. The van der Waals surface area contributed by atoms with Gasteiger partial charge in [-0.2, -0.15) is 0 Å². The van der Waals surface area contributed by atoms with Crippen molar-refractivity contribution in [2.75, 3.05) is 0 Å². The van der Waals surface area contributed by atoms with Gasteiger partial charge in [-0.15, -0.1) is 0 Å². The second-order valence-electron chi connectivity index (χ2n) is 5.46. The van der Waals surface area contributed by atoms with E-state index in [-0.39, 0.29) is 0 Å². The minimum atomic E-state index is 0.757. The van der Waals surface area contributed by atoms with Crippen molar-refractivity contribution in [1.29, 1.82) is 0 Å². The summed E-state index contributed by atoms with van der Waals surface area (Å²) in [7, 11) is 0. The highest BCUT2D eigenvalue weighted by Crippen LogP contribution is 2.43. The zero-order valence-corrected chi connectivity index (χ0v) is 9.83. The smallest absolute Gasteiger partial charge is 0.0108 e. The van der Waals surface area contributed by atoms with E-state index in [0.717, 1.165) is 29.6 Å². The molecule has 0 fully saturated rings. The molecule has 0 saturated heterocycles. The number of allylic oxidation sites excluding steroid dienone is 4. The summed E-state index contributed by atoms with van der Waals surface area (Å²) in [6.45, 7) is 9.54. The quantitative estimate of drug-likeness (QED) is 0.540. The van der Waals surface area contributed by atoms with E-state index in [4.69, 9.17) is 0 Å². The zero-order chi connectivity index (χ0) is 10.3. The van der Waals surface area contributed by atoms with Gasteiger partial charge in [-0.25, -0.2) is 0 Å². The first-order valence-corrected chi connectivity index (χ1v) is 5.99. The maximum absolute atomic E-state index is 2.49. The Bertz CT molecular complexity index is 272. The molecule has 0 aromatic heterocycles. The van der Waals surface area contributed by atoms with E-state index < -0.39 is 0 Å². The molecule has 0 amide bonds. The fraction of sp³-hybridized carbons (Fsp3) is 0.714. The molecule has 0 aromatic carbocycles. The third kappa shape index (κ3) is 1.55. The molecule has 2 rings (SSSR count). The van der Waals surface area contributed by atoms with Crippen LogP contribution in [0.1, 0.15) is 34.1 Å². The van der Waals surface area contributed by atoms with Crippen LogP contribution in [-0.4, -0.2) is 0 Å². The molecule has 0 aromatic rings. The molecule has 2 aliphatic rings. The molecule has 0 spiro atoms. The zero-order valence-electron chi connectivity index (χ0n) is 9.83. The normalized spacial score (nSPS) is 47.1. The molecule has 0 N–H and O–H groups in total. The Labute approximate surface area is 88.1 Å². The highest BCUT2D eigenvalue weighted by atomic mass is 14.4. The predicted octanol–water partition coefficient (Wildman–Crippen LogP) is 4.05. The highest BCUT2D eigenvalue weighted by Gasteiger charge is 2.34. The monoisotopic (exact) mass is 190 g/mol. The molecular weight excluding hydrogens is 168 g/mol. The first-order valence-electron chi connectivity index (χ1n) is 5.99. The maximum Gasteiger partial charge on any atom is -0.0108 e. The Morgan fingerprint density at radius 2 is 1.86 bits per heavy atom. The summed E-state index contributed by atoms with van der Waals surface area (Å²) in [5.74, 6) is 4.06. The Hall–Kier alpha value is -0.520. The molecule has 0 heterocycles. The van der Waals surface area contributed by atoms with E-state index in [1.807, 2.05) is 0 Å². The molecule has 0 bridgehead atoms. The Morgan fingerprint density at radius 3 is 2.57 bits per heavy atom. The lowest BCUT2D eigenvalue weighted by Gasteiger charge is -2.40. The largest absolute Gasteiger partial charge is 0.0811 e. The lowest BCUT2D eigenvalue weighted by atomic mass is 9.64. The van der Waals surface area contributed by atoms with Crippen LogP contribution in [0.5, 0.6) is 0 Å². The summed E-state index contributed by atoms with van der Waals surface area (Å²) in [6, 6.07) is 0. The van der Waals surface area contributed by atoms with Gasteiger partial charge in [0, 0.05) is 0 Å². The van der Waals surface area contributed by atoms with Crippen molar-refractivity contribution in [1.82, 2.24) is 0 Å². The van der Waals surface area contributed by atoms with Crippen molar-refractivity contribution in [3.05, 3.63) is 23.8 Å². The average Bonchev–Trinajstić information content (AvgIpc) is 2.10. The highest BCUT2D eigenvalue weighted by molar-refractivity contribution is 5.30. The van der Waals surface area contributed by atoms with Gasteiger partial charge in [0.15, 0.2) is 0 Å². The molecule has 0 aliphatic heterocycles. The van der Waals surface area contributed by atoms with Crippen molar-refractivity contribution in [3.8, 4) is 0 Å². The topological polar surface area (TPSA) is 0 Å². The summed E-state index contributed by atoms with van der Waals surface area (Å²) in [4.78, 5) is 0. The van der Waals surface area contributed by atoms with Crippen LogP contribution in [-0.2, 0) is 0 Å². The van der Waals surface area contributed by atoms with E-state index in [9.17, 15) is 0 Å². The van der Waals surface area contributed by atoms with Crippen LogP contribution in [0.15, 0.2) is 23.8 Å². The van der Waals surface area contributed by atoms with Gasteiger partial charge in [0.2, 0.25) is 0 Å². The standard InChI is InChI=1S/C14H22/c1-9-7-11(3)14-12(4)10(2)5-6-13(14)8-9/h5-6,8-12,14H,7H2,1-4H3/t9?,10-,11?,12-,14+/m0/s1. The third-order valence-corrected chi connectivity index (χ3v) is 4.21. The number of fused-ring (bicyclic) bond motifs is 1. The van der Waals surface area contributed by atoms with Gasteiger partial charge in [0.25, 0.3) is 0 Å². The predicted molar refractivity (Wildman–Crippen MR) is 62.0 cm³/mol. The van der Waals surface area contributed by atoms with Gasteiger partial charge in [-0.1, -0.05) is 45.9 Å². The molecule has 0 radical (unpaired) electrons. The molecule has 14 heavy (non-hydrogen) atoms. The van der Waals surface area contributed by atoms with Gasteiger partial charge in [0.1, 0.15) is 0 Å². The SMILES string of the molecule is CC1C=C2C=C[C@H](C)[C@H](C)[C@H]2C(C)C1. The van der Waals surface area contributed by atoms with Gasteiger partial charge < -0.3 is 0 Å². The van der Waals surface area contributed by atoms with E-state index in [1.165, 1.54) is 6.42 Å². The van der Waals surface area contributed by atoms with Gasteiger partial charge >= 0.3 is 0 Å². The molecule has 0 heteroatoms. The third-order valence-electron chi connectivity index (χ3n) is 4.21. The van der Waals surface area contributed by atoms with E-state index in [2.05, 4.69) is 45.9 Å². The summed E-state index contributed by atoms with van der Waals surface area (Å²) < 4.78 is 0. The van der Waals surface area contributed by atoms with Gasteiger partial charge in [0.05, 0.1) is 0 Å². The second-order valence-corrected chi connectivity index (χ2v) is 5.46. The summed E-state index contributed by atoms with van der Waals surface area (Å²) in [5.41, 5.74) is 1.61. The molecule has 0 saturated carbocycles. The molecule has 0 nitrogen and oxygen atoms in total. The molecule has 2 aliphatic carbocycles. The minimum Gasteiger partial charge on any atom is -0.0811 e. The molecule has 2 unspecified atom stereocenters. The summed E-state index contributed by atoms with van der Waals surface area (Å²) in [5, 5.41) is 0. The molecule has 78 valence electrons. The van der Waals surface area contributed by atoms with Crippen LogP contribution in [0.3, 0.4) is 0 Å². The first kappa shape index (κ1) is 10.0. The van der Waals surface area contributed by atoms with Crippen molar-refractivity contribution in [3.63, 3.8) is 0 Å².